The molecular weight excluding hydrogens is 224 g/mol. The van der Waals surface area contributed by atoms with Crippen LogP contribution in [0, 0.1) is 0 Å². The van der Waals surface area contributed by atoms with Crippen LogP contribution in [-0.2, 0) is 0 Å². The van der Waals surface area contributed by atoms with Crippen LogP contribution in [0.15, 0.2) is 40.8 Å². The van der Waals surface area contributed by atoms with Crippen molar-refractivity contribution in [2.45, 2.75) is 0 Å². The van der Waals surface area contributed by atoms with Crippen molar-refractivity contribution in [3.8, 4) is 11.3 Å². The van der Waals surface area contributed by atoms with E-state index in [4.69, 9.17) is 14.6 Å². The van der Waals surface area contributed by atoms with Crippen molar-refractivity contribution in [2.75, 3.05) is 0 Å². The van der Waals surface area contributed by atoms with Crippen LogP contribution in [0.2, 0.25) is 0 Å². The smallest absolute Gasteiger partial charge is 0.371 e. The molecule has 2 aromatic rings. The molecule has 1 aromatic carbocycles. The van der Waals surface area contributed by atoms with Gasteiger partial charge in [-0.2, -0.15) is 0 Å². The maximum Gasteiger partial charge on any atom is 0.371 e. The summed E-state index contributed by atoms with van der Waals surface area (Å²) < 4.78 is 5.08. The van der Waals surface area contributed by atoms with Gasteiger partial charge in [-0.15, -0.1) is 0 Å². The van der Waals surface area contributed by atoms with E-state index in [-0.39, 0.29) is 11.3 Å². The van der Waals surface area contributed by atoms with E-state index in [0.29, 0.717) is 11.3 Å². The number of carbonyl (C=O) groups is 2. The fourth-order valence-corrected chi connectivity index (χ4v) is 1.39. The number of hydrogen-bond donors (Lipinski definition) is 2. The van der Waals surface area contributed by atoms with Crippen LogP contribution in [0.1, 0.15) is 20.9 Å². The van der Waals surface area contributed by atoms with Gasteiger partial charge in [0.2, 0.25) is 5.76 Å². The number of carboxylic acid groups (broad SMARTS) is 2. The molecule has 1 heterocycles. The summed E-state index contributed by atoms with van der Waals surface area (Å²) in [7, 11) is 0. The lowest BCUT2D eigenvalue weighted by molar-refractivity contribution is 0.0660. The van der Waals surface area contributed by atoms with E-state index in [9.17, 15) is 9.59 Å². The first-order valence-electron chi connectivity index (χ1n) is 4.75. The van der Waals surface area contributed by atoms with E-state index in [2.05, 4.69) is 0 Å². The molecular formula is C12H8O5. The average molecular weight is 232 g/mol. The lowest BCUT2D eigenvalue weighted by Gasteiger charge is -1.97. The minimum Gasteiger partial charge on any atom is -0.478 e. The van der Waals surface area contributed by atoms with E-state index in [1.165, 1.54) is 24.3 Å². The summed E-state index contributed by atoms with van der Waals surface area (Å²) in [6.07, 6.45) is 0. The highest BCUT2D eigenvalue weighted by atomic mass is 16.4. The van der Waals surface area contributed by atoms with Crippen LogP contribution >= 0.6 is 0 Å². The SMILES string of the molecule is O=C(O)c1ccc(-c2ccc(C(=O)O)o2)cc1. The first-order chi connectivity index (χ1) is 8.08. The Morgan fingerprint density at radius 2 is 1.53 bits per heavy atom. The second kappa shape index (κ2) is 4.13. The summed E-state index contributed by atoms with van der Waals surface area (Å²) in [5.74, 6) is -1.91. The van der Waals surface area contributed by atoms with Gasteiger partial charge in [-0.25, -0.2) is 9.59 Å². The Hall–Kier alpha value is -2.56. The molecule has 0 fully saturated rings. The number of rotatable bonds is 3. The van der Waals surface area contributed by atoms with Crippen LogP contribution in [0.3, 0.4) is 0 Å². The molecule has 2 N–H and O–H groups in total. The molecule has 0 radical (unpaired) electrons. The second-order valence-electron chi connectivity index (χ2n) is 3.35. The lowest BCUT2D eigenvalue weighted by atomic mass is 10.1. The molecule has 0 atom stereocenters. The molecule has 5 nitrogen and oxygen atoms in total. The van der Waals surface area contributed by atoms with E-state index in [1.807, 2.05) is 0 Å². The van der Waals surface area contributed by atoms with Crippen molar-refractivity contribution < 1.29 is 24.2 Å². The molecule has 0 amide bonds. The maximum absolute atomic E-state index is 10.6. The van der Waals surface area contributed by atoms with Gasteiger partial charge in [-0.1, -0.05) is 12.1 Å². The van der Waals surface area contributed by atoms with Crippen molar-refractivity contribution >= 4 is 11.9 Å². The van der Waals surface area contributed by atoms with Crippen LogP contribution in [0.5, 0.6) is 0 Å². The van der Waals surface area contributed by atoms with Gasteiger partial charge in [0.25, 0.3) is 0 Å². The van der Waals surface area contributed by atoms with Gasteiger partial charge in [0.15, 0.2) is 0 Å². The summed E-state index contributed by atoms with van der Waals surface area (Å²) in [5.41, 5.74) is 0.793. The predicted octanol–water partition coefficient (Wildman–Crippen LogP) is 2.34. The van der Waals surface area contributed by atoms with Crippen LogP contribution in [0.25, 0.3) is 11.3 Å². The molecule has 86 valence electrons. The quantitative estimate of drug-likeness (QED) is 0.847. The fraction of sp³-hybridized carbons (Fsp3) is 0. The van der Waals surface area contributed by atoms with E-state index in [1.54, 1.807) is 12.1 Å². The minimum absolute atomic E-state index is 0.151. The summed E-state index contributed by atoms with van der Waals surface area (Å²) in [4.78, 5) is 21.3. The Kier molecular flexibility index (Phi) is 2.66. The zero-order chi connectivity index (χ0) is 12.4. The molecule has 0 bridgehead atoms. The molecule has 0 aliphatic rings. The normalized spacial score (nSPS) is 10.1. The van der Waals surface area contributed by atoms with Gasteiger partial charge in [-0.3, -0.25) is 0 Å². The van der Waals surface area contributed by atoms with Gasteiger partial charge in [0.1, 0.15) is 5.76 Å². The summed E-state index contributed by atoms with van der Waals surface area (Å²) in [5, 5.41) is 17.4. The molecule has 0 aliphatic carbocycles. The number of benzene rings is 1. The van der Waals surface area contributed by atoms with Crippen LogP contribution in [-0.4, -0.2) is 22.2 Å². The second-order valence-corrected chi connectivity index (χ2v) is 3.35. The number of aromatic carboxylic acids is 2. The van der Waals surface area contributed by atoms with E-state index < -0.39 is 11.9 Å². The van der Waals surface area contributed by atoms with Crippen molar-refractivity contribution in [1.82, 2.24) is 0 Å². The minimum atomic E-state index is -1.14. The lowest BCUT2D eigenvalue weighted by Crippen LogP contribution is -1.94. The Balaban J connectivity index is 2.33. The van der Waals surface area contributed by atoms with Gasteiger partial charge in [0, 0.05) is 5.56 Å². The third-order valence-electron chi connectivity index (χ3n) is 2.23. The van der Waals surface area contributed by atoms with E-state index in [0.717, 1.165) is 0 Å². The Morgan fingerprint density at radius 1 is 0.882 bits per heavy atom. The van der Waals surface area contributed by atoms with Crippen LogP contribution in [0.4, 0.5) is 0 Å². The van der Waals surface area contributed by atoms with Gasteiger partial charge < -0.3 is 14.6 Å². The zero-order valence-electron chi connectivity index (χ0n) is 8.58. The number of hydrogen-bond acceptors (Lipinski definition) is 3. The first kappa shape index (κ1) is 10.9. The molecule has 0 spiro atoms. The molecule has 0 saturated carbocycles. The van der Waals surface area contributed by atoms with Gasteiger partial charge in [0.05, 0.1) is 5.56 Å². The molecule has 5 heteroatoms. The van der Waals surface area contributed by atoms with Crippen molar-refractivity contribution in [3.05, 3.63) is 47.7 Å². The highest BCUT2D eigenvalue weighted by molar-refractivity contribution is 5.88. The molecule has 2 rings (SSSR count). The van der Waals surface area contributed by atoms with Crippen molar-refractivity contribution in [2.24, 2.45) is 0 Å². The van der Waals surface area contributed by atoms with Gasteiger partial charge >= 0.3 is 11.9 Å². The number of carboxylic acids is 2. The molecule has 0 saturated heterocycles. The predicted molar refractivity (Wildman–Crippen MR) is 58.1 cm³/mol. The molecule has 0 unspecified atom stereocenters. The topological polar surface area (TPSA) is 87.7 Å². The van der Waals surface area contributed by atoms with Crippen molar-refractivity contribution in [1.29, 1.82) is 0 Å². The zero-order valence-corrected chi connectivity index (χ0v) is 8.58. The van der Waals surface area contributed by atoms with E-state index >= 15 is 0 Å². The van der Waals surface area contributed by atoms with Crippen molar-refractivity contribution in [3.63, 3.8) is 0 Å². The molecule has 0 aliphatic heterocycles. The average Bonchev–Trinajstić information content (AvgIpc) is 2.78. The highest BCUT2D eigenvalue weighted by Gasteiger charge is 2.10. The van der Waals surface area contributed by atoms with Crippen LogP contribution < -0.4 is 0 Å². The maximum atomic E-state index is 10.6. The number of furan rings is 1. The first-order valence-corrected chi connectivity index (χ1v) is 4.75. The molecule has 1 aromatic heterocycles. The fourth-order valence-electron chi connectivity index (χ4n) is 1.39. The Bertz CT molecular complexity index is 565. The third-order valence-corrected chi connectivity index (χ3v) is 2.23. The largest absolute Gasteiger partial charge is 0.478 e. The summed E-state index contributed by atoms with van der Waals surface area (Å²) >= 11 is 0. The third kappa shape index (κ3) is 2.17. The Labute approximate surface area is 95.9 Å². The Morgan fingerprint density at radius 3 is 2.00 bits per heavy atom. The standard InChI is InChI=1S/C12H8O5/c13-11(14)8-3-1-7(2-4-8)9-5-6-10(17-9)12(15)16/h1-6H,(H,13,14)(H,15,16). The molecule has 17 heavy (non-hydrogen) atoms. The monoisotopic (exact) mass is 232 g/mol. The highest BCUT2D eigenvalue weighted by Crippen LogP contribution is 2.22. The summed E-state index contributed by atoms with van der Waals surface area (Å²) in [6.45, 7) is 0. The van der Waals surface area contributed by atoms with Gasteiger partial charge in [-0.05, 0) is 24.3 Å². The summed E-state index contributed by atoms with van der Waals surface area (Å²) in [6, 6.07) is 8.87.